The molecule has 1 N–H and O–H groups in total. The SMILES string of the molecule is C#CC[C@]1(O)CC[C@H]2[C@@H]3CCC4=CC(=O)CCC4=C3C(c3ccc(C4CC4)cc3)C[C@@]21C. The van der Waals surface area contributed by atoms with Crippen LogP contribution in [0, 0.1) is 29.6 Å². The van der Waals surface area contributed by atoms with Crippen LogP contribution < -0.4 is 0 Å². The van der Waals surface area contributed by atoms with Gasteiger partial charge in [0.05, 0.1) is 5.60 Å². The van der Waals surface area contributed by atoms with E-state index in [0.29, 0.717) is 30.6 Å². The molecule has 3 saturated carbocycles. The second kappa shape index (κ2) is 7.19. The van der Waals surface area contributed by atoms with Crippen molar-refractivity contribution >= 4 is 5.78 Å². The number of hydrogen-bond donors (Lipinski definition) is 1. The van der Waals surface area contributed by atoms with E-state index in [2.05, 4.69) is 37.1 Å². The maximum absolute atomic E-state index is 12.2. The molecule has 1 aromatic rings. The van der Waals surface area contributed by atoms with Gasteiger partial charge in [0, 0.05) is 24.2 Å². The lowest BCUT2D eigenvalue weighted by Gasteiger charge is -2.54. The summed E-state index contributed by atoms with van der Waals surface area (Å²) in [6.45, 7) is 2.32. The average Bonchev–Trinajstić information content (AvgIpc) is 3.59. The van der Waals surface area contributed by atoms with Crippen molar-refractivity contribution in [1.82, 2.24) is 0 Å². The van der Waals surface area contributed by atoms with Gasteiger partial charge < -0.3 is 5.11 Å². The van der Waals surface area contributed by atoms with Gasteiger partial charge in [-0.3, -0.25) is 4.79 Å². The lowest BCUT2D eigenvalue weighted by atomic mass is 9.51. The Balaban J connectivity index is 1.49. The molecule has 0 bridgehead atoms. The van der Waals surface area contributed by atoms with Crippen LogP contribution in [0.15, 0.2) is 47.1 Å². The summed E-state index contributed by atoms with van der Waals surface area (Å²) in [6, 6.07) is 9.39. The van der Waals surface area contributed by atoms with E-state index in [4.69, 9.17) is 6.42 Å². The minimum Gasteiger partial charge on any atom is -0.388 e. The van der Waals surface area contributed by atoms with Gasteiger partial charge in [-0.15, -0.1) is 12.3 Å². The first-order chi connectivity index (χ1) is 15.4. The number of ketones is 1. The van der Waals surface area contributed by atoms with Crippen molar-refractivity contribution in [1.29, 1.82) is 0 Å². The summed E-state index contributed by atoms with van der Waals surface area (Å²) >= 11 is 0. The van der Waals surface area contributed by atoms with Gasteiger partial charge in [0.2, 0.25) is 0 Å². The van der Waals surface area contributed by atoms with Crippen molar-refractivity contribution in [3.63, 3.8) is 0 Å². The minimum absolute atomic E-state index is 0.167. The fourth-order valence-electron chi connectivity index (χ4n) is 7.93. The second-order valence-electron chi connectivity index (χ2n) is 11.4. The van der Waals surface area contributed by atoms with Crippen molar-refractivity contribution in [2.45, 2.75) is 88.6 Å². The molecule has 5 aliphatic carbocycles. The fourth-order valence-corrected chi connectivity index (χ4v) is 7.93. The molecular weight excluding hydrogens is 392 g/mol. The molecule has 0 aliphatic heterocycles. The van der Waals surface area contributed by atoms with Crippen LogP contribution in [0.2, 0.25) is 0 Å². The molecule has 2 nitrogen and oxygen atoms in total. The Morgan fingerprint density at radius 2 is 1.81 bits per heavy atom. The molecule has 6 rings (SSSR count). The Hall–Kier alpha value is -2.11. The van der Waals surface area contributed by atoms with E-state index in [-0.39, 0.29) is 11.2 Å². The molecule has 1 aromatic carbocycles. The van der Waals surface area contributed by atoms with E-state index < -0.39 is 5.60 Å². The lowest BCUT2D eigenvalue weighted by Crippen LogP contribution is -2.51. The summed E-state index contributed by atoms with van der Waals surface area (Å²) in [6.07, 6.45) is 17.2. The summed E-state index contributed by atoms with van der Waals surface area (Å²) in [5, 5.41) is 11.8. The van der Waals surface area contributed by atoms with Crippen molar-refractivity contribution in [3.8, 4) is 12.3 Å². The third-order valence-corrected chi connectivity index (χ3v) is 9.84. The predicted octanol–water partition coefficient (Wildman–Crippen LogP) is 6.22. The van der Waals surface area contributed by atoms with Gasteiger partial charge in [-0.05, 0) is 97.5 Å². The second-order valence-corrected chi connectivity index (χ2v) is 11.4. The molecule has 0 heterocycles. The molecular formula is C30H34O2. The maximum atomic E-state index is 12.2. The smallest absolute Gasteiger partial charge is 0.156 e. The molecule has 0 amide bonds. The molecule has 0 saturated heterocycles. The summed E-state index contributed by atoms with van der Waals surface area (Å²) < 4.78 is 0. The van der Waals surface area contributed by atoms with Gasteiger partial charge in [0.1, 0.15) is 0 Å². The number of terminal acetylenes is 1. The summed E-state index contributed by atoms with van der Waals surface area (Å²) in [5.41, 5.74) is 6.29. The van der Waals surface area contributed by atoms with Gasteiger partial charge in [0.15, 0.2) is 5.78 Å². The van der Waals surface area contributed by atoms with Gasteiger partial charge >= 0.3 is 0 Å². The zero-order chi connectivity index (χ0) is 22.1. The highest BCUT2D eigenvalue weighted by atomic mass is 16.3. The number of allylic oxidation sites excluding steroid dienone is 4. The number of carbonyl (C=O) groups excluding carboxylic acids is 1. The zero-order valence-corrected chi connectivity index (χ0v) is 19.2. The van der Waals surface area contributed by atoms with Crippen LogP contribution in [0.3, 0.4) is 0 Å². The lowest BCUT2D eigenvalue weighted by molar-refractivity contribution is -0.114. The van der Waals surface area contributed by atoms with Crippen LogP contribution in [0.4, 0.5) is 0 Å². The quantitative estimate of drug-likeness (QED) is 0.583. The summed E-state index contributed by atoms with van der Waals surface area (Å²) in [5.74, 6) is 5.13. The van der Waals surface area contributed by atoms with Crippen LogP contribution in [-0.2, 0) is 4.79 Å². The third-order valence-electron chi connectivity index (χ3n) is 9.84. The summed E-state index contributed by atoms with van der Waals surface area (Å²) in [7, 11) is 0. The first kappa shape index (κ1) is 20.5. The van der Waals surface area contributed by atoms with Crippen LogP contribution in [0.25, 0.3) is 0 Å². The number of hydrogen-bond acceptors (Lipinski definition) is 2. The van der Waals surface area contributed by atoms with Gasteiger partial charge in [-0.2, -0.15) is 0 Å². The first-order valence-corrected chi connectivity index (χ1v) is 12.7. The third kappa shape index (κ3) is 2.94. The van der Waals surface area contributed by atoms with E-state index in [1.165, 1.54) is 35.1 Å². The Kier molecular flexibility index (Phi) is 4.61. The van der Waals surface area contributed by atoms with Crippen molar-refractivity contribution in [2.75, 3.05) is 0 Å². The molecule has 32 heavy (non-hydrogen) atoms. The van der Waals surface area contributed by atoms with Crippen LogP contribution >= 0.6 is 0 Å². The zero-order valence-electron chi connectivity index (χ0n) is 19.2. The standard InChI is InChI=1S/C30H34O2/c1-3-15-30(32)16-14-27-25-12-10-22-17-23(31)11-13-24(22)28(25)26(18-29(27,30)2)21-8-6-20(7-9-21)19-4-5-19/h1,6-9,17,19,25-27,32H,4-5,10-16,18H2,2H3/t25-,26?,27-,29-,30-/m0/s1. The molecule has 0 spiro atoms. The van der Waals surface area contributed by atoms with Crippen LogP contribution in [0.5, 0.6) is 0 Å². The highest BCUT2D eigenvalue weighted by Gasteiger charge is 2.62. The van der Waals surface area contributed by atoms with Crippen LogP contribution in [0.1, 0.15) is 94.1 Å². The van der Waals surface area contributed by atoms with Crippen LogP contribution in [-0.4, -0.2) is 16.5 Å². The topological polar surface area (TPSA) is 37.3 Å². The monoisotopic (exact) mass is 426 g/mol. The van der Waals surface area contributed by atoms with Gasteiger partial charge in [-0.25, -0.2) is 0 Å². The number of rotatable bonds is 3. The number of carbonyl (C=O) groups is 1. The van der Waals surface area contributed by atoms with Gasteiger partial charge in [-0.1, -0.05) is 36.8 Å². The largest absolute Gasteiger partial charge is 0.388 e. The molecule has 166 valence electrons. The molecule has 2 heteroatoms. The molecule has 5 atom stereocenters. The van der Waals surface area contributed by atoms with Crippen molar-refractivity contribution in [2.24, 2.45) is 17.3 Å². The highest BCUT2D eigenvalue weighted by molar-refractivity contribution is 5.93. The molecule has 0 radical (unpaired) electrons. The van der Waals surface area contributed by atoms with E-state index >= 15 is 0 Å². The Morgan fingerprint density at radius 1 is 1.06 bits per heavy atom. The molecule has 1 unspecified atom stereocenters. The Morgan fingerprint density at radius 3 is 2.53 bits per heavy atom. The Bertz CT molecular complexity index is 1060. The van der Waals surface area contributed by atoms with Crippen molar-refractivity contribution in [3.05, 3.63) is 58.2 Å². The van der Waals surface area contributed by atoms with E-state index in [1.807, 2.05) is 6.08 Å². The summed E-state index contributed by atoms with van der Waals surface area (Å²) in [4.78, 5) is 12.2. The minimum atomic E-state index is -0.770. The van der Waals surface area contributed by atoms with E-state index in [0.717, 1.165) is 44.4 Å². The normalized spacial score (nSPS) is 38.5. The highest BCUT2D eigenvalue weighted by Crippen LogP contribution is 2.67. The molecule has 3 fully saturated rings. The van der Waals surface area contributed by atoms with Crippen molar-refractivity contribution < 1.29 is 9.90 Å². The van der Waals surface area contributed by atoms with E-state index in [9.17, 15) is 9.90 Å². The molecule has 0 aromatic heterocycles. The molecule has 5 aliphatic rings. The predicted molar refractivity (Wildman–Crippen MR) is 127 cm³/mol. The first-order valence-electron chi connectivity index (χ1n) is 12.7. The van der Waals surface area contributed by atoms with Gasteiger partial charge in [0.25, 0.3) is 0 Å². The average molecular weight is 427 g/mol. The number of fused-ring (bicyclic) bond motifs is 4. The fraction of sp³-hybridized carbons (Fsp3) is 0.567. The number of aliphatic hydroxyl groups is 1. The van der Waals surface area contributed by atoms with E-state index in [1.54, 1.807) is 5.57 Å². The Labute approximate surface area is 192 Å². The maximum Gasteiger partial charge on any atom is 0.156 e. The number of benzene rings is 1.